The van der Waals surface area contributed by atoms with Crippen LogP contribution in [0.4, 0.5) is 0 Å². The lowest BCUT2D eigenvalue weighted by atomic mass is 10.1. The summed E-state index contributed by atoms with van der Waals surface area (Å²) in [6, 6.07) is 0. The SMILES string of the molecule is O[C@@H]1[C@@H](O)CO[13C](O)[C@H]1O. The summed E-state index contributed by atoms with van der Waals surface area (Å²) in [5, 5.41) is 35.1. The van der Waals surface area contributed by atoms with Gasteiger partial charge in [0.25, 0.3) is 6.29 Å². The van der Waals surface area contributed by atoms with Gasteiger partial charge in [0, 0.05) is 0 Å². The molecule has 1 rings (SSSR count). The predicted octanol–water partition coefficient (Wildman–Crippen LogP) is -2.04. The van der Waals surface area contributed by atoms with Crippen molar-refractivity contribution in [2.24, 2.45) is 0 Å². The first-order valence-corrected chi connectivity index (χ1v) is 2.85. The van der Waals surface area contributed by atoms with Crippen LogP contribution in [0.3, 0.4) is 0 Å². The van der Waals surface area contributed by atoms with Crippen LogP contribution in [-0.2, 0) is 4.74 Å². The van der Waals surface area contributed by atoms with E-state index in [1.165, 1.54) is 0 Å². The number of hydrogen-bond donors (Lipinski definition) is 4. The van der Waals surface area contributed by atoms with Crippen LogP contribution < -0.4 is 0 Å². The third-order valence-electron chi connectivity index (χ3n) is 1.37. The average Bonchev–Trinajstić information content (AvgIpc) is 1.93. The molecule has 0 saturated carbocycles. The maximum Gasteiger partial charge on any atom is 0.253 e. The van der Waals surface area contributed by atoms with E-state index in [0.29, 0.717) is 0 Å². The lowest BCUT2D eigenvalue weighted by Crippen LogP contribution is -2.49. The van der Waals surface area contributed by atoms with Gasteiger partial charge >= 0.3 is 0 Å². The smallest absolute Gasteiger partial charge is 0.253 e. The number of hydrogen-bond acceptors (Lipinski definition) is 5. The quantitative estimate of drug-likeness (QED) is 0.299. The van der Waals surface area contributed by atoms with Crippen molar-refractivity contribution >= 4 is 0 Å². The Labute approximate surface area is 57.5 Å². The second kappa shape index (κ2) is 2.81. The third kappa shape index (κ3) is 1.28. The second-order valence-corrected chi connectivity index (χ2v) is 2.15. The fourth-order valence-electron chi connectivity index (χ4n) is 0.711. The van der Waals surface area contributed by atoms with E-state index in [4.69, 9.17) is 20.4 Å². The zero-order chi connectivity index (χ0) is 7.72. The second-order valence-electron chi connectivity index (χ2n) is 2.15. The first-order valence-electron chi connectivity index (χ1n) is 2.85. The molecule has 1 radical (unpaired) electrons. The molecule has 0 aliphatic carbocycles. The first-order chi connectivity index (χ1) is 4.63. The van der Waals surface area contributed by atoms with Gasteiger partial charge in [0.2, 0.25) is 0 Å². The van der Waals surface area contributed by atoms with Crippen molar-refractivity contribution in [2.75, 3.05) is 6.61 Å². The molecule has 0 aromatic carbocycles. The molecule has 0 aromatic heterocycles. The van der Waals surface area contributed by atoms with Crippen LogP contribution in [0.1, 0.15) is 0 Å². The summed E-state index contributed by atoms with van der Waals surface area (Å²) in [6.45, 7) is -0.190. The van der Waals surface area contributed by atoms with Crippen molar-refractivity contribution in [1.82, 2.24) is 0 Å². The Balaban J connectivity index is 2.52. The van der Waals surface area contributed by atoms with Gasteiger partial charge in [0.05, 0.1) is 6.61 Å². The van der Waals surface area contributed by atoms with Crippen molar-refractivity contribution in [2.45, 2.75) is 18.3 Å². The molecule has 5 nitrogen and oxygen atoms in total. The highest BCUT2D eigenvalue weighted by Gasteiger charge is 2.37. The highest BCUT2D eigenvalue weighted by Crippen LogP contribution is 2.17. The predicted molar refractivity (Wildman–Crippen MR) is 29.2 cm³/mol. The maximum absolute atomic E-state index is 8.86. The van der Waals surface area contributed by atoms with Gasteiger partial charge in [-0.2, -0.15) is 0 Å². The largest absolute Gasteiger partial charge is 0.388 e. The Morgan fingerprint density at radius 1 is 1.30 bits per heavy atom. The summed E-state index contributed by atoms with van der Waals surface area (Å²) < 4.78 is 4.38. The number of rotatable bonds is 0. The molecule has 4 N–H and O–H groups in total. The van der Waals surface area contributed by atoms with Gasteiger partial charge in [-0.25, -0.2) is 0 Å². The van der Waals surface area contributed by atoms with Gasteiger partial charge in [0.15, 0.2) is 0 Å². The van der Waals surface area contributed by atoms with Gasteiger partial charge in [0.1, 0.15) is 18.3 Å². The van der Waals surface area contributed by atoms with Gasteiger partial charge < -0.3 is 25.2 Å². The van der Waals surface area contributed by atoms with Gasteiger partial charge in [-0.15, -0.1) is 0 Å². The first kappa shape index (κ1) is 7.90. The van der Waals surface area contributed by atoms with Crippen LogP contribution in [0.25, 0.3) is 0 Å². The molecular formula is C5H9O5. The summed E-state index contributed by atoms with van der Waals surface area (Å²) in [5.74, 6) is 0. The van der Waals surface area contributed by atoms with Crippen LogP contribution in [0.2, 0.25) is 0 Å². The van der Waals surface area contributed by atoms with Crippen molar-refractivity contribution in [1.29, 1.82) is 0 Å². The molecule has 1 saturated heterocycles. The Kier molecular flexibility index (Phi) is 2.22. The molecule has 0 aromatic rings. The van der Waals surface area contributed by atoms with Crippen molar-refractivity contribution in [3.8, 4) is 0 Å². The molecule has 1 heterocycles. The standard InChI is InChI=1S/C5H9O5/c6-2-1-10-5(9)4(8)3(2)7/h2-4,6-9H,1H2/t2-,3+,4-/m0/s1/i5+1. The number of aliphatic hydroxyl groups is 4. The molecule has 1 fully saturated rings. The van der Waals surface area contributed by atoms with Crippen LogP contribution >= 0.6 is 0 Å². The van der Waals surface area contributed by atoms with E-state index in [9.17, 15) is 0 Å². The van der Waals surface area contributed by atoms with Crippen LogP contribution in [0.5, 0.6) is 0 Å². The third-order valence-corrected chi connectivity index (χ3v) is 1.37. The molecule has 10 heavy (non-hydrogen) atoms. The van der Waals surface area contributed by atoms with Gasteiger partial charge in [-0.05, 0) is 0 Å². The fourth-order valence-corrected chi connectivity index (χ4v) is 0.711. The van der Waals surface area contributed by atoms with Gasteiger partial charge in [-0.3, -0.25) is 0 Å². The summed E-state index contributed by atoms with van der Waals surface area (Å²) in [6.07, 6.45) is -4.62. The van der Waals surface area contributed by atoms with Crippen LogP contribution in [-0.4, -0.2) is 45.3 Å². The van der Waals surface area contributed by atoms with Crippen LogP contribution in [0.15, 0.2) is 0 Å². The van der Waals surface area contributed by atoms with E-state index in [1.807, 2.05) is 0 Å². The molecule has 0 bridgehead atoms. The Bertz CT molecular complexity index is 103. The minimum absolute atomic E-state index is 0.190. The zero-order valence-electron chi connectivity index (χ0n) is 5.14. The van der Waals surface area contributed by atoms with Crippen molar-refractivity contribution in [3.05, 3.63) is 6.29 Å². The van der Waals surface area contributed by atoms with Crippen molar-refractivity contribution < 1.29 is 25.2 Å². The molecule has 3 atom stereocenters. The molecular weight excluding hydrogens is 141 g/mol. The minimum atomic E-state index is -1.50. The molecule has 0 amide bonds. The summed E-state index contributed by atoms with van der Waals surface area (Å²) in [4.78, 5) is 0. The van der Waals surface area contributed by atoms with Crippen LogP contribution in [0, 0.1) is 6.29 Å². The number of ether oxygens (including phenoxy) is 1. The minimum Gasteiger partial charge on any atom is -0.388 e. The van der Waals surface area contributed by atoms with E-state index in [0.717, 1.165) is 0 Å². The maximum atomic E-state index is 8.86. The lowest BCUT2D eigenvalue weighted by Gasteiger charge is -2.30. The summed E-state index contributed by atoms with van der Waals surface area (Å²) >= 11 is 0. The average molecular weight is 150 g/mol. The van der Waals surface area contributed by atoms with E-state index in [2.05, 4.69) is 4.74 Å². The molecule has 5 heteroatoms. The molecule has 59 valence electrons. The van der Waals surface area contributed by atoms with E-state index < -0.39 is 24.6 Å². The van der Waals surface area contributed by atoms with Crippen molar-refractivity contribution in [3.63, 3.8) is 0 Å². The zero-order valence-corrected chi connectivity index (χ0v) is 5.14. The van der Waals surface area contributed by atoms with E-state index in [1.54, 1.807) is 0 Å². The van der Waals surface area contributed by atoms with E-state index in [-0.39, 0.29) is 6.61 Å². The highest BCUT2D eigenvalue weighted by molar-refractivity contribution is 4.90. The fraction of sp³-hybridized carbons (Fsp3) is 0.800. The Morgan fingerprint density at radius 3 is 2.40 bits per heavy atom. The summed E-state index contributed by atoms with van der Waals surface area (Å²) in [7, 11) is 0. The molecule has 1 aliphatic heterocycles. The number of aliphatic hydroxyl groups excluding tert-OH is 4. The van der Waals surface area contributed by atoms with Gasteiger partial charge in [-0.1, -0.05) is 0 Å². The summed E-state index contributed by atoms with van der Waals surface area (Å²) in [5.41, 5.74) is 0. The lowest BCUT2D eigenvalue weighted by molar-refractivity contribution is -0.191. The Hall–Kier alpha value is -0.200. The monoisotopic (exact) mass is 150 g/mol. The highest BCUT2D eigenvalue weighted by atomic mass is 16.7. The molecule has 0 spiro atoms. The topological polar surface area (TPSA) is 90.2 Å². The molecule has 0 unspecified atom stereocenters. The van der Waals surface area contributed by atoms with E-state index >= 15 is 0 Å². The Morgan fingerprint density at radius 2 is 1.90 bits per heavy atom. The molecule has 1 aliphatic rings. The normalized spacial score (nSPS) is 43.8.